The van der Waals surface area contributed by atoms with Crippen LogP contribution in [0.25, 0.3) is 0 Å². The third-order valence-corrected chi connectivity index (χ3v) is 2.61. The number of rotatable bonds is 4. The van der Waals surface area contributed by atoms with Crippen molar-refractivity contribution in [3.8, 4) is 5.88 Å². The number of anilines is 1. The molecule has 0 saturated heterocycles. The third kappa shape index (κ3) is 3.55. The average Bonchev–Trinajstić information content (AvgIpc) is 2.30. The van der Waals surface area contributed by atoms with E-state index in [4.69, 9.17) is 4.74 Å². The number of nitrogens with one attached hydrogen (secondary N) is 1. The van der Waals surface area contributed by atoms with Gasteiger partial charge < -0.3 is 15.0 Å². The van der Waals surface area contributed by atoms with Crippen molar-refractivity contribution in [1.82, 2.24) is 14.9 Å². The molecule has 1 unspecified atom stereocenters. The van der Waals surface area contributed by atoms with Gasteiger partial charge in [-0.3, -0.25) is 4.79 Å². The molecule has 1 rings (SSSR count). The van der Waals surface area contributed by atoms with Crippen LogP contribution in [0.4, 0.5) is 5.95 Å². The number of likely N-dealkylation sites (N-methyl/N-ethyl adjacent to an activating group) is 1. The zero-order valence-corrected chi connectivity index (χ0v) is 11.8. The van der Waals surface area contributed by atoms with Gasteiger partial charge in [-0.15, -0.1) is 0 Å². The summed E-state index contributed by atoms with van der Waals surface area (Å²) in [6.45, 7) is 1.75. The lowest BCUT2D eigenvalue weighted by Crippen LogP contribution is -2.37. The molecule has 6 nitrogen and oxygen atoms in total. The maximum atomic E-state index is 11.6. The zero-order valence-electron chi connectivity index (χ0n) is 10.2. The molecule has 0 aromatic carbocycles. The van der Waals surface area contributed by atoms with E-state index in [1.54, 1.807) is 27.2 Å². The highest BCUT2D eigenvalue weighted by Crippen LogP contribution is 2.21. The molecule has 0 bridgehead atoms. The molecule has 1 aromatic rings. The Hall–Kier alpha value is -1.37. The first-order valence-corrected chi connectivity index (χ1v) is 5.79. The Kier molecular flexibility index (Phi) is 4.68. The van der Waals surface area contributed by atoms with Crippen molar-refractivity contribution in [1.29, 1.82) is 0 Å². The maximum absolute atomic E-state index is 11.6. The highest BCUT2D eigenvalue weighted by molar-refractivity contribution is 9.10. The predicted octanol–water partition coefficient (Wildman–Crippen LogP) is 1.14. The van der Waals surface area contributed by atoms with E-state index in [1.165, 1.54) is 12.0 Å². The molecule has 1 heterocycles. The number of aromatic nitrogens is 2. The first-order valence-electron chi connectivity index (χ1n) is 5.00. The molecule has 1 N–H and O–H groups in total. The summed E-state index contributed by atoms with van der Waals surface area (Å²) >= 11 is 3.26. The monoisotopic (exact) mass is 302 g/mol. The first-order chi connectivity index (χ1) is 7.95. The molecule has 0 aliphatic heterocycles. The van der Waals surface area contributed by atoms with Gasteiger partial charge in [-0.05, 0) is 22.9 Å². The Morgan fingerprint density at radius 1 is 1.59 bits per heavy atom. The van der Waals surface area contributed by atoms with Gasteiger partial charge in [0.1, 0.15) is 6.04 Å². The van der Waals surface area contributed by atoms with Crippen LogP contribution in [0.1, 0.15) is 6.92 Å². The normalized spacial score (nSPS) is 11.8. The van der Waals surface area contributed by atoms with Crippen LogP contribution in [-0.4, -0.2) is 48.0 Å². The van der Waals surface area contributed by atoms with Gasteiger partial charge in [-0.2, -0.15) is 4.98 Å². The number of halogens is 1. The Morgan fingerprint density at radius 3 is 2.76 bits per heavy atom. The largest absolute Gasteiger partial charge is 0.480 e. The van der Waals surface area contributed by atoms with Crippen molar-refractivity contribution in [2.24, 2.45) is 0 Å². The fourth-order valence-corrected chi connectivity index (χ4v) is 1.56. The topological polar surface area (TPSA) is 67.3 Å². The lowest BCUT2D eigenvalue weighted by atomic mass is 10.3. The molecular formula is C10H15BrN4O2. The molecule has 0 aliphatic rings. The van der Waals surface area contributed by atoms with Crippen molar-refractivity contribution < 1.29 is 9.53 Å². The van der Waals surface area contributed by atoms with E-state index in [0.717, 1.165) is 0 Å². The fourth-order valence-electron chi connectivity index (χ4n) is 1.21. The summed E-state index contributed by atoms with van der Waals surface area (Å²) in [7, 11) is 4.92. The first kappa shape index (κ1) is 13.7. The highest BCUT2D eigenvalue weighted by atomic mass is 79.9. The standard InChI is InChI=1S/C10H15BrN4O2/c1-6(9(16)15(2)3)13-10-12-5-7(11)8(14-10)17-4/h5-6H,1-4H3,(H,12,13,14). The molecule has 1 aromatic heterocycles. The quantitative estimate of drug-likeness (QED) is 0.903. The number of hydrogen-bond donors (Lipinski definition) is 1. The van der Waals surface area contributed by atoms with Gasteiger partial charge in [0.05, 0.1) is 17.8 Å². The van der Waals surface area contributed by atoms with Gasteiger partial charge in [0, 0.05) is 14.1 Å². The number of carbonyl (C=O) groups excluding carboxylic acids is 1. The SMILES string of the molecule is COc1nc(NC(C)C(=O)N(C)C)ncc1Br. The molecular weight excluding hydrogens is 288 g/mol. The minimum Gasteiger partial charge on any atom is -0.480 e. The van der Waals surface area contributed by atoms with Crippen molar-refractivity contribution in [2.45, 2.75) is 13.0 Å². The Morgan fingerprint density at radius 2 is 2.24 bits per heavy atom. The summed E-state index contributed by atoms with van der Waals surface area (Å²) < 4.78 is 5.71. The molecule has 0 fully saturated rings. The van der Waals surface area contributed by atoms with Crippen LogP contribution in [0.2, 0.25) is 0 Å². The number of amides is 1. The van der Waals surface area contributed by atoms with Crippen LogP contribution < -0.4 is 10.1 Å². The Balaban J connectivity index is 2.78. The second-order valence-electron chi connectivity index (χ2n) is 3.65. The number of hydrogen-bond acceptors (Lipinski definition) is 5. The van der Waals surface area contributed by atoms with Gasteiger partial charge in [-0.1, -0.05) is 0 Å². The van der Waals surface area contributed by atoms with Gasteiger partial charge in [0.25, 0.3) is 0 Å². The van der Waals surface area contributed by atoms with Crippen molar-refractivity contribution in [2.75, 3.05) is 26.5 Å². The molecule has 1 amide bonds. The van der Waals surface area contributed by atoms with E-state index in [0.29, 0.717) is 16.3 Å². The minimum atomic E-state index is -0.393. The van der Waals surface area contributed by atoms with Gasteiger partial charge in [0.15, 0.2) is 0 Å². The van der Waals surface area contributed by atoms with Crippen LogP contribution >= 0.6 is 15.9 Å². The van der Waals surface area contributed by atoms with Crippen molar-refractivity contribution in [3.05, 3.63) is 10.7 Å². The summed E-state index contributed by atoms with van der Waals surface area (Å²) in [6, 6.07) is -0.393. The second-order valence-corrected chi connectivity index (χ2v) is 4.50. The maximum Gasteiger partial charge on any atom is 0.244 e. The van der Waals surface area contributed by atoms with Crippen molar-refractivity contribution >= 4 is 27.8 Å². The lowest BCUT2D eigenvalue weighted by Gasteiger charge is -2.18. The molecule has 0 spiro atoms. The Bertz CT molecular complexity index is 411. The minimum absolute atomic E-state index is 0.0458. The van der Waals surface area contributed by atoms with E-state index >= 15 is 0 Å². The van der Waals surface area contributed by atoms with E-state index < -0.39 is 6.04 Å². The number of nitrogens with zero attached hydrogens (tertiary/aromatic N) is 3. The van der Waals surface area contributed by atoms with E-state index in [1.807, 2.05) is 0 Å². The molecule has 1 atom stereocenters. The van der Waals surface area contributed by atoms with Crippen LogP contribution in [-0.2, 0) is 4.79 Å². The molecule has 17 heavy (non-hydrogen) atoms. The van der Waals surface area contributed by atoms with E-state index in [2.05, 4.69) is 31.2 Å². The summed E-state index contributed by atoms with van der Waals surface area (Å²) in [5.41, 5.74) is 0. The number of carbonyl (C=O) groups is 1. The smallest absolute Gasteiger partial charge is 0.244 e. The molecule has 0 aliphatic carbocycles. The molecule has 0 radical (unpaired) electrons. The van der Waals surface area contributed by atoms with Crippen LogP contribution in [0, 0.1) is 0 Å². The van der Waals surface area contributed by atoms with Gasteiger partial charge in [-0.25, -0.2) is 4.98 Å². The summed E-state index contributed by atoms with van der Waals surface area (Å²) in [5, 5.41) is 2.91. The Labute approximate surface area is 109 Å². The predicted molar refractivity (Wildman–Crippen MR) is 68.1 cm³/mol. The summed E-state index contributed by atoms with van der Waals surface area (Å²) in [4.78, 5) is 21.3. The van der Waals surface area contributed by atoms with E-state index in [9.17, 15) is 4.79 Å². The fraction of sp³-hybridized carbons (Fsp3) is 0.500. The van der Waals surface area contributed by atoms with E-state index in [-0.39, 0.29) is 5.91 Å². The van der Waals surface area contributed by atoms with Gasteiger partial charge >= 0.3 is 0 Å². The lowest BCUT2D eigenvalue weighted by molar-refractivity contribution is -0.129. The van der Waals surface area contributed by atoms with Crippen LogP contribution in [0.5, 0.6) is 5.88 Å². The number of ether oxygens (including phenoxy) is 1. The molecule has 94 valence electrons. The highest BCUT2D eigenvalue weighted by Gasteiger charge is 2.16. The third-order valence-electron chi connectivity index (χ3n) is 2.06. The second kappa shape index (κ2) is 5.81. The number of methoxy groups -OCH3 is 1. The average molecular weight is 303 g/mol. The zero-order chi connectivity index (χ0) is 13.0. The molecule has 7 heteroatoms. The van der Waals surface area contributed by atoms with Crippen molar-refractivity contribution in [3.63, 3.8) is 0 Å². The molecule has 0 saturated carbocycles. The van der Waals surface area contributed by atoms with Crippen LogP contribution in [0.15, 0.2) is 10.7 Å². The summed E-state index contributed by atoms with van der Waals surface area (Å²) in [6.07, 6.45) is 1.57. The summed E-state index contributed by atoms with van der Waals surface area (Å²) in [5.74, 6) is 0.732. The van der Waals surface area contributed by atoms with Crippen LogP contribution in [0.3, 0.4) is 0 Å². The van der Waals surface area contributed by atoms with Gasteiger partial charge in [0.2, 0.25) is 17.7 Å².